The summed E-state index contributed by atoms with van der Waals surface area (Å²) in [4.78, 5) is 24.8. The molecule has 126 valence electrons. The second-order valence-corrected chi connectivity index (χ2v) is 5.53. The van der Waals surface area contributed by atoms with Crippen LogP contribution in [-0.4, -0.2) is 26.0 Å². The van der Waals surface area contributed by atoms with Gasteiger partial charge in [-0.2, -0.15) is 0 Å². The van der Waals surface area contributed by atoms with Crippen molar-refractivity contribution in [2.75, 3.05) is 14.1 Å². The number of urea groups is 1. The summed E-state index contributed by atoms with van der Waals surface area (Å²) in [6, 6.07) is 14.4. The molecule has 2 rings (SSSR count). The van der Waals surface area contributed by atoms with Crippen LogP contribution in [0.1, 0.15) is 17.2 Å². The zero-order valence-electron chi connectivity index (χ0n) is 13.7. The van der Waals surface area contributed by atoms with E-state index in [-0.39, 0.29) is 5.82 Å². The lowest BCUT2D eigenvalue weighted by molar-refractivity contribution is -0.916. The summed E-state index contributed by atoms with van der Waals surface area (Å²) in [6.07, 6.45) is 0. The van der Waals surface area contributed by atoms with Crippen LogP contribution >= 0.6 is 0 Å². The van der Waals surface area contributed by atoms with Crippen molar-refractivity contribution in [3.8, 4) is 0 Å². The van der Waals surface area contributed by atoms with Gasteiger partial charge >= 0.3 is 6.03 Å². The van der Waals surface area contributed by atoms with Crippen molar-refractivity contribution in [3.05, 3.63) is 71.5 Å². The number of carbonyl (C=O) groups is 2. The van der Waals surface area contributed by atoms with Crippen molar-refractivity contribution in [2.45, 2.75) is 12.6 Å². The predicted octanol–water partition coefficient (Wildman–Crippen LogP) is 1.04. The van der Waals surface area contributed by atoms with Crippen LogP contribution in [0.2, 0.25) is 0 Å². The third-order valence-electron chi connectivity index (χ3n) is 3.78. The predicted molar refractivity (Wildman–Crippen MR) is 88.8 cm³/mol. The van der Waals surface area contributed by atoms with Crippen molar-refractivity contribution in [2.24, 2.45) is 0 Å². The van der Waals surface area contributed by atoms with Gasteiger partial charge in [0.2, 0.25) is 0 Å². The van der Waals surface area contributed by atoms with Gasteiger partial charge in [0.15, 0.2) is 6.04 Å². The van der Waals surface area contributed by atoms with Crippen molar-refractivity contribution in [3.63, 3.8) is 0 Å². The largest absolute Gasteiger partial charge is 0.341 e. The van der Waals surface area contributed by atoms with E-state index < -0.39 is 18.0 Å². The van der Waals surface area contributed by atoms with E-state index in [1.165, 1.54) is 13.1 Å². The first-order chi connectivity index (χ1) is 11.5. The second kappa shape index (κ2) is 8.21. The van der Waals surface area contributed by atoms with Gasteiger partial charge in [0, 0.05) is 18.2 Å². The highest BCUT2D eigenvalue weighted by atomic mass is 19.1. The molecule has 0 saturated heterocycles. The normalized spacial score (nSPS) is 13.0. The summed E-state index contributed by atoms with van der Waals surface area (Å²) in [5.41, 5.74) is 1.27. The van der Waals surface area contributed by atoms with Crippen LogP contribution in [0, 0.1) is 5.82 Å². The van der Waals surface area contributed by atoms with Crippen molar-refractivity contribution in [1.29, 1.82) is 0 Å². The van der Waals surface area contributed by atoms with Crippen LogP contribution in [0.25, 0.3) is 0 Å². The molecule has 0 radical (unpaired) electrons. The van der Waals surface area contributed by atoms with E-state index in [1.807, 2.05) is 30.3 Å². The number of quaternary nitrogens is 1. The van der Waals surface area contributed by atoms with Crippen molar-refractivity contribution >= 4 is 11.9 Å². The Morgan fingerprint density at radius 3 is 2.33 bits per heavy atom. The fourth-order valence-electron chi connectivity index (χ4n) is 2.60. The number of hydrogen-bond acceptors (Lipinski definition) is 2. The van der Waals surface area contributed by atoms with Gasteiger partial charge in [-0.3, -0.25) is 10.1 Å². The molecule has 3 amide bonds. The number of imide groups is 1. The molecule has 3 N–H and O–H groups in total. The Morgan fingerprint density at radius 1 is 1.08 bits per heavy atom. The zero-order valence-corrected chi connectivity index (χ0v) is 13.7. The third-order valence-corrected chi connectivity index (χ3v) is 3.78. The molecule has 6 heteroatoms. The fourth-order valence-corrected chi connectivity index (χ4v) is 2.60. The third kappa shape index (κ3) is 4.39. The van der Waals surface area contributed by atoms with Crippen LogP contribution < -0.4 is 15.5 Å². The Morgan fingerprint density at radius 2 is 1.71 bits per heavy atom. The number of benzene rings is 2. The second-order valence-electron chi connectivity index (χ2n) is 5.53. The summed E-state index contributed by atoms with van der Waals surface area (Å²) < 4.78 is 13.9. The lowest BCUT2D eigenvalue weighted by atomic mass is 10.0. The zero-order chi connectivity index (χ0) is 17.5. The van der Waals surface area contributed by atoms with Gasteiger partial charge in [0.05, 0.1) is 7.05 Å². The Balaban J connectivity index is 2.26. The summed E-state index contributed by atoms with van der Waals surface area (Å²) >= 11 is 0. The summed E-state index contributed by atoms with van der Waals surface area (Å²) in [5, 5.41) is 4.67. The standard InChI is InChI=1S/C18H20FN3O2/c1-20-18(24)21-17(23)16(13-8-4-3-5-9-13)22(2)12-14-10-6-7-11-15(14)19/h3-11,16H,12H2,1-2H3,(H2,20,21,23,24)/p+1/t16-/m1/s1. The van der Waals surface area contributed by atoms with E-state index in [1.54, 1.807) is 25.2 Å². The lowest BCUT2D eigenvalue weighted by Gasteiger charge is -2.24. The van der Waals surface area contributed by atoms with E-state index in [0.29, 0.717) is 12.1 Å². The first kappa shape index (κ1) is 17.6. The maximum atomic E-state index is 13.9. The molecule has 2 aromatic rings. The average Bonchev–Trinajstić information content (AvgIpc) is 2.58. The molecule has 2 atom stereocenters. The van der Waals surface area contributed by atoms with E-state index in [9.17, 15) is 14.0 Å². The number of hydrogen-bond donors (Lipinski definition) is 3. The average molecular weight is 330 g/mol. The molecule has 0 aliphatic rings. The van der Waals surface area contributed by atoms with Gasteiger partial charge in [0.25, 0.3) is 5.91 Å². The van der Waals surface area contributed by atoms with Crippen LogP contribution in [0.5, 0.6) is 0 Å². The SMILES string of the molecule is CNC(=O)NC(=O)[C@@H](c1ccccc1)[NH+](C)Cc1ccccc1F. The van der Waals surface area contributed by atoms with Gasteiger partial charge in [-0.05, 0) is 6.07 Å². The highest BCUT2D eigenvalue weighted by Crippen LogP contribution is 2.11. The molecule has 1 unspecified atom stereocenters. The molecule has 0 fully saturated rings. The van der Waals surface area contributed by atoms with Crippen LogP contribution in [0.4, 0.5) is 9.18 Å². The minimum atomic E-state index is -0.636. The number of likely N-dealkylation sites (N-methyl/N-ethyl adjacent to an activating group) is 1. The summed E-state index contributed by atoms with van der Waals surface area (Å²) in [7, 11) is 3.24. The van der Waals surface area contributed by atoms with Gasteiger partial charge in [-0.1, -0.05) is 48.5 Å². The van der Waals surface area contributed by atoms with E-state index in [0.717, 1.165) is 10.5 Å². The maximum absolute atomic E-state index is 13.9. The first-order valence-electron chi connectivity index (χ1n) is 7.66. The number of amides is 3. The Hall–Kier alpha value is -2.73. The molecule has 0 spiro atoms. The van der Waals surface area contributed by atoms with Crippen molar-refractivity contribution in [1.82, 2.24) is 10.6 Å². The summed E-state index contributed by atoms with van der Waals surface area (Å²) in [5.74, 6) is -0.746. The Bertz CT molecular complexity index is 706. The molecule has 0 bridgehead atoms. The molecule has 0 aromatic heterocycles. The quantitative estimate of drug-likeness (QED) is 0.767. The van der Waals surface area contributed by atoms with E-state index in [2.05, 4.69) is 10.6 Å². The lowest BCUT2D eigenvalue weighted by Crippen LogP contribution is -3.09. The van der Waals surface area contributed by atoms with Gasteiger partial charge < -0.3 is 10.2 Å². The van der Waals surface area contributed by atoms with Crippen LogP contribution in [-0.2, 0) is 11.3 Å². The Kier molecular flexibility index (Phi) is 6.03. The highest BCUT2D eigenvalue weighted by molar-refractivity contribution is 5.96. The maximum Gasteiger partial charge on any atom is 0.321 e. The van der Waals surface area contributed by atoms with Crippen molar-refractivity contribution < 1.29 is 18.9 Å². The monoisotopic (exact) mass is 330 g/mol. The smallest absolute Gasteiger partial charge is 0.321 e. The Labute approximate surface area is 140 Å². The minimum Gasteiger partial charge on any atom is -0.341 e. The molecule has 2 aromatic carbocycles. The van der Waals surface area contributed by atoms with E-state index >= 15 is 0 Å². The molecular formula is C18H21FN3O2+. The number of nitrogens with one attached hydrogen (secondary N) is 3. The van der Waals surface area contributed by atoms with Crippen LogP contribution in [0.3, 0.4) is 0 Å². The molecule has 0 aliphatic heterocycles. The van der Waals surface area contributed by atoms with Gasteiger partial charge in [-0.15, -0.1) is 0 Å². The number of carbonyl (C=O) groups excluding carboxylic acids is 2. The van der Waals surface area contributed by atoms with E-state index in [4.69, 9.17) is 0 Å². The number of halogens is 1. The molecule has 0 aliphatic carbocycles. The van der Waals surface area contributed by atoms with Gasteiger partial charge in [0.1, 0.15) is 12.4 Å². The highest BCUT2D eigenvalue weighted by Gasteiger charge is 2.30. The molecule has 0 saturated carbocycles. The number of rotatable bonds is 5. The molecule has 5 nitrogen and oxygen atoms in total. The van der Waals surface area contributed by atoms with Crippen LogP contribution in [0.15, 0.2) is 54.6 Å². The first-order valence-corrected chi connectivity index (χ1v) is 7.66. The van der Waals surface area contributed by atoms with Gasteiger partial charge in [-0.25, -0.2) is 9.18 Å². The topological polar surface area (TPSA) is 62.6 Å². The molecule has 24 heavy (non-hydrogen) atoms. The summed E-state index contributed by atoms with van der Waals surface area (Å²) in [6.45, 7) is 0.313. The fraction of sp³-hybridized carbons (Fsp3) is 0.222. The molecular weight excluding hydrogens is 309 g/mol. The minimum absolute atomic E-state index is 0.310. The molecule has 0 heterocycles.